The molecule has 156 valence electrons. The van der Waals surface area contributed by atoms with Crippen LogP contribution in [0.5, 0.6) is 17.2 Å². The summed E-state index contributed by atoms with van der Waals surface area (Å²) in [4.78, 5) is 0. The molecule has 0 atom stereocenters. The van der Waals surface area contributed by atoms with E-state index < -0.39 is 10.0 Å². The van der Waals surface area contributed by atoms with Gasteiger partial charge in [-0.3, -0.25) is 4.72 Å². The Morgan fingerprint density at radius 1 is 1.07 bits per heavy atom. The second-order valence-corrected chi connectivity index (χ2v) is 8.62. The normalized spacial score (nSPS) is 11.3. The van der Waals surface area contributed by atoms with Crippen molar-refractivity contribution in [3.8, 4) is 17.2 Å². The van der Waals surface area contributed by atoms with Crippen LogP contribution >= 0.6 is 0 Å². The van der Waals surface area contributed by atoms with Crippen LogP contribution in [0.4, 0.5) is 5.69 Å². The van der Waals surface area contributed by atoms with Gasteiger partial charge in [-0.2, -0.15) is 0 Å². The molecule has 29 heavy (non-hydrogen) atoms. The maximum absolute atomic E-state index is 11.5. The molecule has 6 nitrogen and oxygen atoms in total. The highest BCUT2D eigenvalue weighted by atomic mass is 32.2. The third-order valence-corrected chi connectivity index (χ3v) is 4.73. The molecule has 0 unspecified atom stereocenters. The quantitative estimate of drug-likeness (QED) is 0.489. The second kappa shape index (κ2) is 9.52. The summed E-state index contributed by atoms with van der Waals surface area (Å²) in [6.07, 6.45) is 7.61. The molecule has 0 aromatic heterocycles. The maximum Gasteiger partial charge on any atom is 0.229 e. The Balaban J connectivity index is 2.42. The van der Waals surface area contributed by atoms with Gasteiger partial charge in [0.15, 0.2) is 0 Å². The van der Waals surface area contributed by atoms with Gasteiger partial charge in [-0.1, -0.05) is 29.9 Å². The molecule has 0 saturated heterocycles. The van der Waals surface area contributed by atoms with Crippen molar-refractivity contribution in [3.05, 3.63) is 58.7 Å². The highest BCUT2D eigenvalue weighted by molar-refractivity contribution is 7.92. The number of hydrogen-bond acceptors (Lipinski definition) is 5. The average molecular weight is 418 g/mol. The molecular weight excluding hydrogens is 390 g/mol. The number of benzene rings is 2. The van der Waals surface area contributed by atoms with Crippen LogP contribution in [0.25, 0.3) is 12.2 Å². The van der Waals surface area contributed by atoms with Gasteiger partial charge in [-0.15, -0.1) is 0 Å². The Labute approximate surface area is 172 Å². The Kier molecular flexibility index (Phi) is 7.34. The largest absolute Gasteiger partial charge is 0.508 e. The van der Waals surface area contributed by atoms with Gasteiger partial charge in [0.1, 0.15) is 17.2 Å². The minimum absolute atomic E-state index is 0.118. The van der Waals surface area contributed by atoms with Crippen LogP contribution in [0.3, 0.4) is 0 Å². The van der Waals surface area contributed by atoms with Gasteiger partial charge in [0, 0.05) is 11.6 Å². The Morgan fingerprint density at radius 3 is 2.34 bits per heavy atom. The van der Waals surface area contributed by atoms with Crippen molar-refractivity contribution in [2.75, 3.05) is 25.2 Å². The Bertz CT molecular complexity index is 1040. The standard InChI is InChI=1S/C22H27NO5S/c1-15(2)6-10-19-17(13-18(24)14-21(19)27-3)9-7-16-8-11-20(22(12-16)28-4)23-29(5,25)26/h6-9,11-14,23-24H,10H2,1-5H3/b9-7+. The predicted molar refractivity (Wildman–Crippen MR) is 118 cm³/mol. The first-order valence-corrected chi connectivity index (χ1v) is 10.9. The highest BCUT2D eigenvalue weighted by Gasteiger charge is 2.10. The molecule has 0 fully saturated rings. The van der Waals surface area contributed by atoms with Crippen molar-refractivity contribution in [1.29, 1.82) is 0 Å². The third kappa shape index (κ3) is 6.57. The number of anilines is 1. The molecule has 0 saturated carbocycles. The van der Waals surface area contributed by atoms with Gasteiger partial charge in [0.2, 0.25) is 10.0 Å². The molecule has 2 aromatic carbocycles. The van der Waals surface area contributed by atoms with Crippen molar-refractivity contribution in [1.82, 2.24) is 0 Å². The van der Waals surface area contributed by atoms with Gasteiger partial charge in [-0.25, -0.2) is 8.42 Å². The molecule has 0 radical (unpaired) electrons. The number of nitrogens with one attached hydrogen (secondary N) is 1. The first kappa shape index (κ1) is 22.4. The molecule has 0 heterocycles. The minimum atomic E-state index is -3.40. The van der Waals surface area contributed by atoms with Gasteiger partial charge in [0.25, 0.3) is 0 Å². The Morgan fingerprint density at radius 2 is 1.76 bits per heavy atom. The maximum atomic E-state index is 11.5. The van der Waals surface area contributed by atoms with Crippen molar-refractivity contribution < 1.29 is 23.0 Å². The molecule has 0 aliphatic rings. The monoisotopic (exact) mass is 417 g/mol. The lowest BCUT2D eigenvalue weighted by Crippen LogP contribution is -2.10. The summed E-state index contributed by atoms with van der Waals surface area (Å²) in [5.74, 6) is 1.15. The van der Waals surface area contributed by atoms with Gasteiger partial charge < -0.3 is 14.6 Å². The summed E-state index contributed by atoms with van der Waals surface area (Å²) >= 11 is 0. The lowest BCUT2D eigenvalue weighted by atomic mass is 10.00. The lowest BCUT2D eigenvalue weighted by molar-refractivity contribution is 0.403. The van der Waals surface area contributed by atoms with Crippen LogP contribution in [-0.4, -0.2) is 34.0 Å². The fraction of sp³-hybridized carbons (Fsp3) is 0.273. The van der Waals surface area contributed by atoms with Crippen molar-refractivity contribution >= 4 is 27.9 Å². The third-order valence-electron chi connectivity index (χ3n) is 4.14. The molecule has 0 spiro atoms. The highest BCUT2D eigenvalue weighted by Crippen LogP contribution is 2.31. The summed E-state index contributed by atoms with van der Waals surface area (Å²) in [5, 5.41) is 10.0. The van der Waals surface area contributed by atoms with Crippen LogP contribution in [-0.2, 0) is 16.4 Å². The topological polar surface area (TPSA) is 84.9 Å². The zero-order valence-corrected chi connectivity index (χ0v) is 18.1. The summed E-state index contributed by atoms with van der Waals surface area (Å²) in [5.41, 5.74) is 4.17. The molecule has 0 aliphatic heterocycles. The van der Waals surface area contributed by atoms with Crippen molar-refractivity contribution in [2.24, 2.45) is 0 Å². The van der Waals surface area contributed by atoms with E-state index in [1.165, 1.54) is 12.7 Å². The zero-order chi connectivity index (χ0) is 21.6. The molecule has 0 aliphatic carbocycles. The fourth-order valence-corrected chi connectivity index (χ4v) is 3.36. The smallest absolute Gasteiger partial charge is 0.229 e. The van der Waals surface area contributed by atoms with E-state index in [1.54, 1.807) is 37.4 Å². The number of phenolic OH excluding ortho intramolecular Hbond substituents is 1. The predicted octanol–water partition coefficient (Wildman–Crippen LogP) is 4.46. The summed E-state index contributed by atoms with van der Waals surface area (Å²) < 4.78 is 36.1. The van der Waals surface area contributed by atoms with E-state index in [0.717, 1.165) is 22.9 Å². The lowest BCUT2D eigenvalue weighted by Gasteiger charge is -2.12. The van der Waals surface area contributed by atoms with E-state index in [-0.39, 0.29) is 5.75 Å². The molecular formula is C22H27NO5S. The van der Waals surface area contributed by atoms with E-state index in [2.05, 4.69) is 10.8 Å². The van der Waals surface area contributed by atoms with Crippen LogP contribution in [0.2, 0.25) is 0 Å². The van der Waals surface area contributed by atoms with E-state index in [4.69, 9.17) is 9.47 Å². The number of allylic oxidation sites excluding steroid dienone is 2. The van der Waals surface area contributed by atoms with Crippen LogP contribution in [0, 0.1) is 0 Å². The van der Waals surface area contributed by atoms with E-state index in [0.29, 0.717) is 23.6 Å². The average Bonchev–Trinajstić information content (AvgIpc) is 2.64. The fourth-order valence-electron chi connectivity index (χ4n) is 2.79. The van der Waals surface area contributed by atoms with Gasteiger partial charge in [0.05, 0.1) is 26.2 Å². The van der Waals surface area contributed by atoms with E-state index >= 15 is 0 Å². The van der Waals surface area contributed by atoms with Crippen LogP contribution in [0.1, 0.15) is 30.5 Å². The molecule has 7 heteroatoms. The second-order valence-electron chi connectivity index (χ2n) is 6.87. The molecule has 2 aromatic rings. The summed E-state index contributed by atoms with van der Waals surface area (Å²) in [7, 11) is -0.348. The zero-order valence-electron chi connectivity index (χ0n) is 17.3. The van der Waals surface area contributed by atoms with E-state index in [1.807, 2.05) is 26.0 Å². The number of sulfonamides is 1. The SMILES string of the molecule is COc1cc(/C=C/c2cc(O)cc(OC)c2CC=C(C)C)ccc1NS(C)(=O)=O. The van der Waals surface area contributed by atoms with Gasteiger partial charge in [-0.05, 0) is 49.6 Å². The molecule has 0 bridgehead atoms. The number of rotatable bonds is 8. The summed E-state index contributed by atoms with van der Waals surface area (Å²) in [6.45, 7) is 4.06. The van der Waals surface area contributed by atoms with Crippen LogP contribution in [0.15, 0.2) is 42.0 Å². The number of hydrogen-bond donors (Lipinski definition) is 2. The Hall–Kier alpha value is -2.93. The number of methoxy groups -OCH3 is 2. The molecule has 2 rings (SSSR count). The molecule has 0 amide bonds. The van der Waals surface area contributed by atoms with Gasteiger partial charge >= 0.3 is 0 Å². The van der Waals surface area contributed by atoms with Crippen LogP contribution < -0.4 is 14.2 Å². The first-order valence-electron chi connectivity index (χ1n) is 9.00. The number of phenols is 1. The van der Waals surface area contributed by atoms with Crippen molar-refractivity contribution in [3.63, 3.8) is 0 Å². The van der Waals surface area contributed by atoms with Crippen molar-refractivity contribution in [2.45, 2.75) is 20.3 Å². The first-order chi connectivity index (χ1) is 13.6. The molecule has 2 N–H and O–H groups in total. The number of ether oxygens (including phenoxy) is 2. The summed E-state index contributed by atoms with van der Waals surface area (Å²) in [6, 6.07) is 8.44. The number of aromatic hydroxyl groups is 1. The minimum Gasteiger partial charge on any atom is -0.508 e. The van der Waals surface area contributed by atoms with E-state index in [9.17, 15) is 13.5 Å².